The lowest BCUT2D eigenvalue weighted by Gasteiger charge is -2.38. The second-order valence-corrected chi connectivity index (χ2v) is 7.99. The smallest absolute Gasteiger partial charge is 0.251 e. The molecular formula is C23H28N2O3. The zero-order valence-corrected chi connectivity index (χ0v) is 16.4. The Morgan fingerprint density at radius 3 is 2.50 bits per heavy atom. The van der Waals surface area contributed by atoms with E-state index in [2.05, 4.69) is 17.1 Å². The zero-order chi connectivity index (χ0) is 19.4. The lowest BCUT2D eigenvalue weighted by Crippen LogP contribution is -2.48. The Kier molecular flexibility index (Phi) is 5.53. The van der Waals surface area contributed by atoms with Crippen LogP contribution in [-0.2, 0) is 0 Å². The van der Waals surface area contributed by atoms with Gasteiger partial charge in [-0.15, -0.1) is 0 Å². The summed E-state index contributed by atoms with van der Waals surface area (Å²) >= 11 is 0. The number of likely N-dealkylation sites (tertiary alicyclic amines) is 1. The van der Waals surface area contributed by atoms with Crippen LogP contribution in [0.3, 0.4) is 0 Å². The third-order valence-electron chi connectivity index (χ3n) is 5.65. The maximum Gasteiger partial charge on any atom is 0.251 e. The molecule has 0 spiro atoms. The first-order chi connectivity index (χ1) is 13.6. The molecule has 1 N–H and O–H groups in total. The minimum atomic E-state index is -0.299. The molecule has 2 aromatic rings. The predicted octanol–water partition coefficient (Wildman–Crippen LogP) is 3.50. The minimum Gasteiger partial charge on any atom is -0.486 e. The SMILES string of the molecule is CC1(CCN2CCC(NC(=O)c3ccccc3)CC2)COc2ccccc2O1. The molecule has 1 fully saturated rings. The monoisotopic (exact) mass is 380 g/mol. The Labute approximate surface area is 166 Å². The van der Waals surface area contributed by atoms with Crippen LogP contribution >= 0.6 is 0 Å². The minimum absolute atomic E-state index is 0.0259. The quantitative estimate of drug-likeness (QED) is 0.863. The molecule has 0 aromatic heterocycles. The van der Waals surface area contributed by atoms with Gasteiger partial charge >= 0.3 is 0 Å². The number of amides is 1. The number of ether oxygens (including phenoxy) is 2. The number of fused-ring (bicyclic) bond motifs is 1. The van der Waals surface area contributed by atoms with Gasteiger partial charge in [-0.2, -0.15) is 0 Å². The summed E-state index contributed by atoms with van der Waals surface area (Å²) < 4.78 is 12.1. The molecular weight excluding hydrogens is 352 g/mol. The van der Waals surface area contributed by atoms with Crippen molar-refractivity contribution in [2.24, 2.45) is 0 Å². The number of carbonyl (C=O) groups excluding carboxylic acids is 1. The van der Waals surface area contributed by atoms with Crippen molar-refractivity contribution in [3.05, 3.63) is 60.2 Å². The molecule has 1 atom stereocenters. The first-order valence-corrected chi connectivity index (χ1v) is 10.1. The van der Waals surface area contributed by atoms with Crippen LogP contribution in [0.25, 0.3) is 0 Å². The Morgan fingerprint density at radius 1 is 1.07 bits per heavy atom. The Balaban J connectivity index is 1.22. The molecule has 0 saturated carbocycles. The second kappa shape index (κ2) is 8.23. The molecule has 2 aromatic carbocycles. The molecule has 28 heavy (non-hydrogen) atoms. The molecule has 1 unspecified atom stereocenters. The Hall–Kier alpha value is -2.53. The van der Waals surface area contributed by atoms with E-state index >= 15 is 0 Å². The van der Waals surface area contributed by atoms with Crippen LogP contribution in [0, 0.1) is 0 Å². The molecule has 0 aliphatic carbocycles. The maximum atomic E-state index is 12.3. The standard InChI is InChI=1S/C23H28N2O3/c1-23(17-27-20-9-5-6-10-21(20)28-23)13-16-25-14-11-19(12-15-25)24-22(26)18-7-3-2-4-8-18/h2-10,19H,11-17H2,1H3,(H,24,26). The molecule has 1 amide bonds. The zero-order valence-electron chi connectivity index (χ0n) is 16.4. The van der Waals surface area contributed by atoms with Crippen LogP contribution in [-0.4, -0.2) is 48.7 Å². The van der Waals surface area contributed by atoms with Crippen molar-refractivity contribution in [3.8, 4) is 11.5 Å². The largest absolute Gasteiger partial charge is 0.486 e. The van der Waals surface area contributed by atoms with E-state index in [1.54, 1.807) is 0 Å². The highest BCUT2D eigenvalue weighted by Gasteiger charge is 2.33. The van der Waals surface area contributed by atoms with Gasteiger partial charge in [0.2, 0.25) is 0 Å². The molecule has 5 heteroatoms. The van der Waals surface area contributed by atoms with Crippen molar-refractivity contribution in [1.29, 1.82) is 0 Å². The maximum absolute atomic E-state index is 12.3. The van der Waals surface area contributed by atoms with Gasteiger partial charge < -0.3 is 19.7 Å². The van der Waals surface area contributed by atoms with Crippen LogP contribution in [0.4, 0.5) is 0 Å². The molecule has 148 valence electrons. The molecule has 5 nitrogen and oxygen atoms in total. The van der Waals surface area contributed by atoms with Crippen molar-refractivity contribution < 1.29 is 14.3 Å². The number of hydrogen-bond acceptors (Lipinski definition) is 4. The van der Waals surface area contributed by atoms with Gasteiger partial charge in [0.15, 0.2) is 11.5 Å². The number of hydrogen-bond donors (Lipinski definition) is 1. The van der Waals surface area contributed by atoms with Crippen molar-refractivity contribution in [2.45, 2.75) is 37.8 Å². The van der Waals surface area contributed by atoms with E-state index in [0.29, 0.717) is 6.61 Å². The number of nitrogens with zero attached hydrogens (tertiary/aromatic N) is 1. The third kappa shape index (κ3) is 4.47. The molecule has 0 radical (unpaired) electrons. The summed E-state index contributed by atoms with van der Waals surface area (Å²) in [6.07, 6.45) is 2.88. The molecule has 4 rings (SSSR count). The summed E-state index contributed by atoms with van der Waals surface area (Å²) in [6, 6.07) is 17.5. The molecule has 2 aliphatic heterocycles. The lowest BCUT2D eigenvalue weighted by molar-refractivity contribution is -0.00841. The summed E-state index contributed by atoms with van der Waals surface area (Å²) in [5, 5.41) is 3.17. The van der Waals surface area contributed by atoms with Gasteiger partial charge in [0.1, 0.15) is 12.2 Å². The van der Waals surface area contributed by atoms with Crippen molar-refractivity contribution in [3.63, 3.8) is 0 Å². The van der Waals surface area contributed by atoms with Crippen LogP contribution < -0.4 is 14.8 Å². The van der Waals surface area contributed by atoms with Gasteiger partial charge in [0.25, 0.3) is 5.91 Å². The Morgan fingerprint density at radius 2 is 1.75 bits per heavy atom. The van der Waals surface area contributed by atoms with Crippen LogP contribution in [0.5, 0.6) is 11.5 Å². The highest BCUT2D eigenvalue weighted by atomic mass is 16.6. The number of piperidine rings is 1. The second-order valence-electron chi connectivity index (χ2n) is 7.99. The van der Waals surface area contributed by atoms with Gasteiger partial charge in [0, 0.05) is 37.7 Å². The first-order valence-electron chi connectivity index (χ1n) is 10.1. The van der Waals surface area contributed by atoms with E-state index in [1.807, 2.05) is 54.6 Å². The fourth-order valence-corrected chi connectivity index (χ4v) is 3.86. The van der Waals surface area contributed by atoms with E-state index in [0.717, 1.165) is 56.0 Å². The number of carbonyl (C=O) groups is 1. The van der Waals surface area contributed by atoms with E-state index in [9.17, 15) is 4.79 Å². The highest BCUT2D eigenvalue weighted by Crippen LogP contribution is 2.36. The summed E-state index contributed by atoms with van der Waals surface area (Å²) in [6.45, 7) is 5.66. The van der Waals surface area contributed by atoms with Crippen LogP contribution in [0.15, 0.2) is 54.6 Å². The fraction of sp³-hybridized carbons (Fsp3) is 0.435. The van der Waals surface area contributed by atoms with E-state index in [-0.39, 0.29) is 17.6 Å². The lowest BCUT2D eigenvalue weighted by atomic mass is 9.99. The van der Waals surface area contributed by atoms with Gasteiger partial charge in [-0.25, -0.2) is 0 Å². The fourth-order valence-electron chi connectivity index (χ4n) is 3.86. The van der Waals surface area contributed by atoms with Gasteiger partial charge in [0.05, 0.1) is 0 Å². The number of para-hydroxylation sites is 2. The summed E-state index contributed by atoms with van der Waals surface area (Å²) in [5.74, 6) is 1.69. The average molecular weight is 380 g/mol. The third-order valence-corrected chi connectivity index (χ3v) is 5.65. The van der Waals surface area contributed by atoms with E-state index in [1.165, 1.54) is 0 Å². The number of benzene rings is 2. The first kappa shape index (κ1) is 18.8. The molecule has 2 heterocycles. The van der Waals surface area contributed by atoms with Gasteiger partial charge in [-0.1, -0.05) is 30.3 Å². The van der Waals surface area contributed by atoms with Crippen LogP contribution in [0.2, 0.25) is 0 Å². The van der Waals surface area contributed by atoms with Crippen molar-refractivity contribution in [2.75, 3.05) is 26.2 Å². The van der Waals surface area contributed by atoms with E-state index < -0.39 is 0 Å². The van der Waals surface area contributed by atoms with Crippen molar-refractivity contribution in [1.82, 2.24) is 10.2 Å². The van der Waals surface area contributed by atoms with Crippen LogP contribution in [0.1, 0.15) is 36.5 Å². The molecule has 1 saturated heterocycles. The highest BCUT2D eigenvalue weighted by molar-refractivity contribution is 5.94. The number of rotatable bonds is 5. The van der Waals surface area contributed by atoms with Crippen molar-refractivity contribution >= 4 is 5.91 Å². The molecule has 2 aliphatic rings. The topological polar surface area (TPSA) is 50.8 Å². The average Bonchev–Trinajstić information content (AvgIpc) is 2.74. The predicted molar refractivity (Wildman–Crippen MR) is 109 cm³/mol. The summed E-state index contributed by atoms with van der Waals surface area (Å²) in [4.78, 5) is 14.8. The molecule has 0 bridgehead atoms. The summed E-state index contributed by atoms with van der Waals surface area (Å²) in [7, 11) is 0. The number of nitrogens with one attached hydrogen (secondary N) is 1. The summed E-state index contributed by atoms with van der Waals surface area (Å²) in [5.41, 5.74) is 0.430. The Bertz CT molecular complexity index is 803. The normalized spacial score (nSPS) is 22.6. The van der Waals surface area contributed by atoms with E-state index in [4.69, 9.17) is 9.47 Å². The van der Waals surface area contributed by atoms with Gasteiger partial charge in [-0.05, 0) is 44.0 Å². The van der Waals surface area contributed by atoms with Gasteiger partial charge in [-0.3, -0.25) is 4.79 Å².